The van der Waals surface area contributed by atoms with Gasteiger partial charge in [-0.2, -0.15) is 4.37 Å². The van der Waals surface area contributed by atoms with Gasteiger partial charge in [-0.15, -0.1) is 0 Å². The molecule has 0 spiro atoms. The zero-order valence-corrected chi connectivity index (χ0v) is 18.2. The SMILES string of the molecule is C[C@H](C(=O)N1CCc2cc(S(=O)(=O)Nc3ncns3)ccc21)n1ccc2ccccc21. The molecule has 0 bridgehead atoms. The van der Waals surface area contributed by atoms with Crippen molar-refractivity contribution in [1.29, 1.82) is 0 Å². The molecule has 0 fully saturated rings. The van der Waals surface area contributed by atoms with Crippen molar-refractivity contribution in [2.24, 2.45) is 0 Å². The minimum Gasteiger partial charge on any atom is -0.335 e. The molecule has 3 heterocycles. The molecule has 0 saturated heterocycles. The second-order valence-electron chi connectivity index (χ2n) is 7.34. The molecule has 1 aliphatic rings. The minimum atomic E-state index is -3.77. The fourth-order valence-corrected chi connectivity index (χ4v) is 5.66. The lowest BCUT2D eigenvalue weighted by Crippen LogP contribution is -2.34. The van der Waals surface area contributed by atoms with Gasteiger partial charge in [0, 0.05) is 35.5 Å². The van der Waals surface area contributed by atoms with Crippen LogP contribution in [0.3, 0.4) is 0 Å². The van der Waals surface area contributed by atoms with Gasteiger partial charge in [0.05, 0.1) is 4.90 Å². The second kappa shape index (κ2) is 7.47. The van der Waals surface area contributed by atoms with Crippen LogP contribution in [-0.2, 0) is 21.2 Å². The Labute approximate surface area is 183 Å². The van der Waals surface area contributed by atoms with E-state index in [1.165, 1.54) is 12.4 Å². The first-order valence-electron chi connectivity index (χ1n) is 9.73. The Morgan fingerprint density at radius 3 is 2.84 bits per heavy atom. The number of benzene rings is 2. The van der Waals surface area contributed by atoms with Crippen LogP contribution in [0, 0.1) is 0 Å². The highest BCUT2D eigenvalue weighted by molar-refractivity contribution is 7.93. The summed E-state index contributed by atoms with van der Waals surface area (Å²) < 4.78 is 33.5. The van der Waals surface area contributed by atoms with E-state index in [-0.39, 0.29) is 22.0 Å². The van der Waals surface area contributed by atoms with Crippen LogP contribution in [-0.4, -0.2) is 34.8 Å². The summed E-state index contributed by atoms with van der Waals surface area (Å²) in [4.78, 5) is 19.0. The van der Waals surface area contributed by atoms with E-state index in [4.69, 9.17) is 0 Å². The lowest BCUT2D eigenvalue weighted by atomic mass is 10.2. The molecule has 0 unspecified atom stereocenters. The van der Waals surface area contributed by atoms with Crippen LogP contribution in [0.4, 0.5) is 10.8 Å². The number of rotatable bonds is 5. The number of nitrogens with one attached hydrogen (secondary N) is 1. The molecule has 31 heavy (non-hydrogen) atoms. The lowest BCUT2D eigenvalue weighted by Gasteiger charge is -2.23. The molecule has 5 rings (SSSR count). The minimum absolute atomic E-state index is 0.0253. The monoisotopic (exact) mass is 453 g/mol. The number of aromatic nitrogens is 3. The van der Waals surface area contributed by atoms with Crippen LogP contribution < -0.4 is 9.62 Å². The molecule has 1 N–H and O–H groups in total. The fraction of sp³-hybridized carbons (Fsp3) is 0.190. The van der Waals surface area contributed by atoms with E-state index in [1.54, 1.807) is 17.0 Å². The maximum atomic E-state index is 13.3. The summed E-state index contributed by atoms with van der Waals surface area (Å²) >= 11 is 0.970. The number of hydrogen-bond acceptors (Lipinski definition) is 6. The third kappa shape index (κ3) is 3.47. The van der Waals surface area contributed by atoms with Gasteiger partial charge in [-0.1, -0.05) is 18.2 Å². The summed E-state index contributed by atoms with van der Waals surface area (Å²) in [6.07, 6.45) is 3.82. The Morgan fingerprint density at radius 2 is 2.03 bits per heavy atom. The van der Waals surface area contributed by atoms with Gasteiger partial charge in [0.25, 0.3) is 10.0 Å². The highest BCUT2D eigenvalue weighted by atomic mass is 32.2. The molecule has 8 nitrogen and oxygen atoms in total. The Morgan fingerprint density at radius 1 is 1.19 bits per heavy atom. The topological polar surface area (TPSA) is 97.2 Å². The number of para-hydroxylation sites is 1. The molecule has 0 saturated carbocycles. The Hall–Kier alpha value is -3.24. The van der Waals surface area contributed by atoms with Gasteiger partial charge >= 0.3 is 0 Å². The average molecular weight is 454 g/mol. The zero-order valence-electron chi connectivity index (χ0n) is 16.6. The predicted molar refractivity (Wildman–Crippen MR) is 120 cm³/mol. The van der Waals surface area contributed by atoms with Crippen molar-refractivity contribution in [2.45, 2.75) is 24.3 Å². The molecule has 1 atom stereocenters. The summed E-state index contributed by atoms with van der Waals surface area (Å²) in [6, 6.07) is 14.4. The number of sulfonamides is 1. The van der Waals surface area contributed by atoms with Crippen LogP contribution in [0.5, 0.6) is 0 Å². The summed E-state index contributed by atoms with van der Waals surface area (Å²) in [5.74, 6) is -0.0253. The molecule has 10 heteroatoms. The van der Waals surface area contributed by atoms with E-state index in [1.807, 2.05) is 48.0 Å². The van der Waals surface area contributed by atoms with Crippen molar-refractivity contribution in [3.8, 4) is 0 Å². The van der Waals surface area contributed by atoms with E-state index in [9.17, 15) is 13.2 Å². The van der Waals surface area contributed by atoms with Gasteiger partial charge in [0.15, 0.2) is 0 Å². The Kier molecular flexibility index (Phi) is 4.75. The number of fused-ring (bicyclic) bond motifs is 2. The fourth-order valence-electron chi connectivity index (χ4n) is 3.95. The quantitative estimate of drug-likeness (QED) is 0.499. The van der Waals surface area contributed by atoms with Gasteiger partial charge in [0.2, 0.25) is 11.0 Å². The first-order chi connectivity index (χ1) is 14.9. The molecule has 0 radical (unpaired) electrons. The highest BCUT2D eigenvalue weighted by Gasteiger charge is 2.30. The summed E-state index contributed by atoms with van der Waals surface area (Å²) in [7, 11) is -3.77. The second-order valence-corrected chi connectivity index (χ2v) is 9.80. The van der Waals surface area contributed by atoms with Crippen LogP contribution >= 0.6 is 11.5 Å². The van der Waals surface area contributed by atoms with Gasteiger partial charge < -0.3 is 9.47 Å². The maximum Gasteiger partial charge on any atom is 0.263 e. The van der Waals surface area contributed by atoms with Crippen molar-refractivity contribution >= 4 is 49.2 Å². The first kappa shape index (κ1) is 19.7. The van der Waals surface area contributed by atoms with Crippen molar-refractivity contribution < 1.29 is 13.2 Å². The van der Waals surface area contributed by atoms with Gasteiger partial charge in [0.1, 0.15) is 12.4 Å². The predicted octanol–water partition coefficient (Wildman–Crippen LogP) is 3.44. The summed E-state index contributed by atoms with van der Waals surface area (Å²) in [6.45, 7) is 2.41. The first-order valence-corrected chi connectivity index (χ1v) is 12.0. The van der Waals surface area contributed by atoms with E-state index in [0.29, 0.717) is 13.0 Å². The molecule has 2 aromatic heterocycles. The normalized spacial score (nSPS) is 14.5. The van der Waals surface area contributed by atoms with Crippen LogP contribution in [0.15, 0.2) is 66.0 Å². The molecule has 2 aromatic carbocycles. The van der Waals surface area contributed by atoms with Crippen molar-refractivity contribution in [3.63, 3.8) is 0 Å². The number of amides is 1. The third-order valence-electron chi connectivity index (χ3n) is 5.51. The lowest BCUT2D eigenvalue weighted by molar-refractivity contribution is -0.121. The molecular weight excluding hydrogens is 434 g/mol. The molecule has 158 valence electrons. The van der Waals surface area contributed by atoms with Gasteiger partial charge in [-0.05, 0) is 54.6 Å². The molecule has 1 aliphatic heterocycles. The zero-order chi connectivity index (χ0) is 21.6. The Bertz CT molecular complexity index is 1380. The van der Waals surface area contributed by atoms with E-state index >= 15 is 0 Å². The Balaban J connectivity index is 1.41. The molecular formula is C21H19N5O3S2. The molecule has 4 aromatic rings. The summed E-state index contributed by atoms with van der Waals surface area (Å²) in [5, 5.41) is 1.30. The van der Waals surface area contributed by atoms with E-state index in [2.05, 4.69) is 14.1 Å². The standard InChI is InChI=1S/C21H19N5O3S2/c1-14(25-10-8-15-4-2-3-5-18(15)25)20(27)26-11-9-16-12-17(6-7-19(16)26)31(28,29)24-21-22-13-23-30-21/h2-8,10,12-14H,9,11H2,1H3,(H,22,23,24)/t14-/m1/s1. The number of hydrogen-bond donors (Lipinski definition) is 1. The van der Waals surface area contributed by atoms with E-state index in [0.717, 1.165) is 33.7 Å². The van der Waals surface area contributed by atoms with E-state index < -0.39 is 10.0 Å². The molecule has 1 amide bonds. The van der Waals surface area contributed by atoms with Gasteiger partial charge in [-0.3, -0.25) is 9.52 Å². The van der Waals surface area contributed by atoms with Crippen molar-refractivity contribution in [3.05, 3.63) is 66.6 Å². The van der Waals surface area contributed by atoms with Crippen molar-refractivity contribution in [1.82, 2.24) is 13.9 Å². The number of carbonyl (C=O) groups is 1. The number of nitrogens with zero attached hydrogens (tertiary/aromatic N) is 4. The smallest absolute Gasteiger partial charge is 0.263 e. The number of anilines is 2. The average Bonchev–Trinajstić information content (AvgIpc) is 3.51. The van der Waals surface area contributed by atoms with Crippen LogP contribution in [0.25, 0.3) is 10.9 Å². The van der Waals surface area contributed by atoms with Crippen LogP contribution in [0.1, 0.15) is 18.5 Å². The molecule has 0 aliphatic carbocycles. The van der Waals surface area contributed by atoms with Gasteiger partial charge in [-0.25, -0.2) is 13.4 Å². The largest absolute Gasteiger partial charge is 0.335 e. The summed E-state index contributed by atoms with van der Waals surface area (Å²) in [5.41, 5.74) is 2.59. The van der Waals surface area contributed by atoms with Crippen LogP contribution in [0.2, 0.25) is 0 Å². The highest BCUT2D eigenvalue weighted by Crippen LogP contribution is 2.33. The van der Waals surface area contributed by atoms with Crippen molar-refractivity contribution in [2.75, 3.05) is 16.2 Å². The number of carbonyl (C=O) groups excluding carboxylic acids is 1. The third-order valence-corrected chi connectivity index (χ3v) is 7.56. The maximum absolute atomic E-state index is 13.3.